The first-order chi connectivity index (χ1) is 10.0. The van der Waals surface area contributed by atoms with Gasteiger partial charge in [0.1, 0.15) is 0 Å². The molecule has 6 nitrogen and oxygen atoms in total. The Morgan fingerprint density at radius 1 is 1.14 bits per heavy atom. The van der Waals surface area contributed by atoms with E-state index in [1.807, 2.05) is 11.0 Å². The highest BCUT2D eigenvalue weighted by atomic mass is 32.2. The molecule has 0 amide bonds. The summed E-state index contributed by atoms with van der Waals surface area (Å²) >= 11 is 0. The first kappa shape index (κ1) is 15.9. The van der Waals surface area contributed by atoms with Crippen molar-refractivity contribution >= 4 is 10.0 Å². The zero-order valence-electron chi connectivity index (χ0n) is 11.8. The number of nitriles is 1. The normalized spacial score (nSPS) is 17.5. The Morgan fingerprint density at radius 2 is 1.76 bits per heavy atom. The molecule has 1 aromatic carbocycles. The molecule has 1 aromatic rings. The molecule has 0 aliphatic carbocycles. The molecule has 0 atom stereocenters. The molecule has 0 aromatic heterocycles. The predicted molar refractivity (Wildman–Crippen MR) is 78.9 cm³/mol. The Morgan fingerprint density at radius 3 is 2.29 bits per heavy atom. The van der Waals surface area contributed by atoms with Crippen molar-refractivity contribution in [3.05, 3.63) is 35.4 Å². The van der Waals surface area contributed by atoms with E-state index in [0.29, 0.717) is 43.9 Å². The van der Waals surface area contributed by atoms with Crippen LogP contribution in [0.15, 0.2) is 24.3 Å². The average Bonchev–Trinajstić information content (AvgIpc) is 2.48. The van der Waals surface area contributed by atoms with Gasteiger partial charge in [-0.1, -0.05) is 12.1 Å². The number of aliphatic hydroxyl groups excluding tert-OH is 1. The molecule has 0 radical (unpaired) electrons. The number of piperazine rings is 1. The SMILES string of the molecule is N#Cc1ccc(CS(=O)(=O)N2CCN(CCO)CC2)cc1. The van der Waals surface area contributed by atoms with Crippen molar-refractivity contribution in [3.8, 4) is 6.07 Å². The summed E-state index contributed by atoms with van der Waals surface area (Å²) in [6, 6.07) is 8.63. The van der Waals surface area contributed by atoms with E-state index in [-0.39, 0.29) is 12.4 Å². The second-order valence-corrected chi connectivity index (χ2v) is 7.00. The van der Waals surface area contributed by atoms with Gasteiger partial charge in [-0.2, -0.15) is 9.57 Å². The molecule has 0 saturated carbocycles. The molecule has 7 heteroatoms. The van der Waals surface area contributed by atoms with Crippen LogP contribution in [0.1, 0.15) is 11.1 Å². The summed E-state index contributed by atoms with van der Waals surface area (Å²) in [5, 5.41) is 17.6. The van der Waals surface area contributed by atoms with Crippen LogP contribution in [0.5, 0.6) is 0 Å². The van der Waals surface area contributed by atoms with Crippen molar-refractivity contribution < 1.29 is 13.5 Å². The topological polar surface area (TPSA) is 84.6 Å². The first-order valence-electron chi connectivity index (χ1n) is 6.85. The Hall–Kier alpha value is -1.46. The van der Waals surface area contributed by atoms with Crippen LogP contribution in [0.4, 0.5) is 0 Å². The average molecular weight is 309 g/mol. The van der Waals surface area contributed by atoms with E-state index in [0.717, 1.165) is 0 Å². The van der Waals surface area contributed by atoms with Gasteiger partial charge in [-0.3, -0.25) is 4.90 Å². The molecule has 0 bridgehead atoms. The van der Waals surface area contributed by atoms with Gasteiger partial charge in [0.2, 0.25) is 10.0 Å². The van der Waals surface area contributed by atoms with Crippen LogP contribution < -0.4 is 0 Å². The molecule has 1 heterocycles. The molecule has 1 saturated heterocycles. The standard InChI is InChI=1S/C14H19N3O3S/c15-11-13-1-3-14(4-2-13)12-21(19,20)17-7-5-16(6-8-17)9-10-18/h1-4,18H,5-10,12H2. The summed E-state index contributed by atoms with van der Waals surface area (Å²) in [7, 11) is -3.33. The largest absolute Gasteiger partial charge is 0.395 e. The number of benzene rings is 1. The summed E-state index contributed by atoms with van der Waals surface area (Å²) in [5.74, 6) is -0.0429. The van der Waals surface area contributed by atoms with Gasteiger partial charge in [0.15, 0.2) is 0 Å². The molecule has 1 fully saturated rings. The Balaban J connectivity index is 1.97. The van der Waals surface area contributed by atoms with Crippen LogP contribution >= 0.6 is 0 Å². The highest BCUT2D eigenvalue weighted by Crippen LogP contribution is 2.14. The molecule has 1 aliphatic rings. The molecule has 1 aliphatic heterocycles. The quantitative estimate of drug-likeness (QED) is 0.827. The zero-order valence-corrected chi connectivity index (χ0v) is 12.6. The lowest BCUT2D eigenvalue weighted by molar-refractivity contribution is 0.151. The van der Waals surface area contributed by atoms with Gasteiger partial charge in [-0.05, 0) is 17.7 Å². The number of rotatable bonds is 5. The van der Waals surface area contributed by atoms with E-state index in [4.69, 9.17) is 10.4 Å². The van der Waals surface area contributed by atoms with Crippen molar-refractivity contribution in [2.45, 2.75) is 5.75 Å². The molecular formula is C14H19N3O3S. The second-order valence-electron chi connectivity index (χ2n) is 5.03. The van der Waals surface area contributed by atoms with Gasteiger partial charge in [0, 0.05) is 32.7 Å². The minimum Gasteiger partial charge on any atom is -0.395 e. The number of sulfonamides is 1. The molecule has 114 valence electrons. The second kappa shape index (κ2) is 7.00. The molecule has 0 unspecified atom stereocenters. The van der Waals surface area contributed by atoms with Crippen LogP contribution in [0.2, 0.25) is 0 Å². The summed E-state index contributed by atoms with van der Waals surface area (Å²) in [5.41, 5.74) is 1.21. The minimum absolute atomic E-state index is 0.0429. The summed E-state index contributed by atoms with van der Waals surface area (Å²) < 4.78 is 26.2. The van der Waals surface area contributed by atoms with Crippen molar-refractivity contribution in [2.75, 3.05) is 39.3 Å². The van der Waals surface area contributed by atoms with E-state index in [1.54, 1.807) is 24.3 Å². The monoisotopic (exact) mass is 309 g/mol. The van der Waals surface area contributed by atoms with E-state index in [9.17, 15) is 8.42 Å². The Bertz CT molecular complexity index is 599. The lowest BCUT2D eigenvalue weighted by atomic mass is 10.2. The fraction of sp³-hybridized carbons (Fsp3) is 0.500. The van der Waals surface area contributed by atoms with E-state index < -0.39 is 10.0 Å². The number of aliphatic hydroxyl groups is 1. The summed E-state index contributed by atoms with van der Waals surface area (Å²) in [6.45, 7) is 2.89. The Labute approximate surface area is 125 Å². The number of nitrogens with zero attached hydrogens (tertiary/aromatic N) is 3. The number of hydrogen-bond donors (Lipinski definition) is 1. The lowest BCUT2D eigenvalue weighted by Crippen LogP contribution is -2.49. The molecule has 21 heavy (non-hydrogen) atoms. The highest BCUT2D eigenvalue weighted by Gasteiger charge is 2.26. The zero-order chi connectivity index (χ0) is 15.3. The van der Waals surface area contributed by atoms with Gasteiger partial charge < -0.3 is 5.11 Å². The van der Waals surface area contributed by atoms with Crippen LogP contribution in [0.25, 0.3) is 0 Å². The van der Waals surface area contributed by atoms with E-state index in [1.165, 1.54) is 4.31 Å². The number of hydrogen-bond acceptors (Lipinski definition) is 5. The third-order valence-electron chi connectivity index (χ3n) is 3.57. The van der Waals surface area contributed by atoms with Gasteiger partial charge >= 0.3 is 0 Å². The summed E-state index contributed by atoms with van der Waals surface area (Å²) in [6.07, 6.45) is 0. The van der Waals surface area contributed by atoms with Crippen molar-refractivity contribution in [2.24, 2.45) is 0 Å². The minimum atomic E-state index is -3.33. The Kier molecular flexibility index (Phi) is 5.31. The third-order valence-corrected chi connectivity index (χ3v) is 5.42. The van der Waals surface area contributed by atoms with E-state index in [2.05, 4.69) is 0 Å². The van der Waals surface area contributed by atoms with Crippen LogP contribution in [-0.2, 0) is 15.8 Å². The molecular weight excluding hydrogens is 290 g/mol. The van der Waals surface area contributed by atoms with Crippen LogP contribution in [-0.4, -0.2) is 62.1 Å². The fourth-order valence-corrected chi connectivity index (χ4v) is 3.87. The van der Waals surface area contributed by atoms with Gasteiger partial charge in [-0.15, -0.1) is 0 Å². The molecule has 1 N–H and O–H groups in total. The molecule has 2 rings (SSSR count). The smallest absolute Gasteiger partial charge is 0.218 e. The van der Waals surface area contributed by atoms with Gasteiger partial charge in [0.25, 0.3) is 0 Å². The van der Waals surface area contributed by atoms with Crippen LogP contribution in [0, 0.1) is 11.3 Å². The van der Waals surface area contributed by atoms with Gasteiger partial charge in [0.05, 0.1) is 24.0 Å². The fourth-order valence-electron chi connectivity index (χ4n) is 2.35. The van der Waals surface area contributed by atoms with Crippen LogP contribution in [0.3, 0.4) is 0 Å². The number of β-amino-alcohol motifs (C(OH)–C–C–N with tert-alkyl or cyclic N) is 1. The lowest BCUT2D eigenvalue weighted by Gasteiger charge is -2.33. The summed E-state index contributed by atoms with van der Waals surface area (Å²) in [4.78, 5) is 2.05. The van der Waals surface area contributed by atoms with Crippen molar-refractivity contribution in [3.63, 3.8) is 0 Å². The van der Waals surface area contributed by atoms with Crippen molar-refractivity contribution in [1.82, 2.24) is 9.21 Å². The maximum atomic E-state index is 12.4. The highest BCUT2D eigenvalue weighted by molar-refractivity contribution is 7.88. The van der Waals surface area contributed by atoms with E-state index >= 15 is 0 Å². The third kappa shape index (κ3) is 4.25. The van der Waals surface area contributed by atoms with Crippen molar-refractivity contribution in [1.29, 1.82) is 5.26 Å². The molecule has 0 spiro atoms. The maximum absolute atomic E-state index is 12.4. The maximum Gasteiger partial charge on any atom is 0.218 e. The predicted octanol–water partition coefficient (Wildman–Crippen LogP) is -0.00202. The van der Waals surface area contributed by atoms with Gasteiger partial charge in [-0.25, -0.2) is 8.42 Å². The first-order valence-corrected chi connectivity index (χ1v) is 8.46.